The monoisotopic (exact) mass is 198 g/mol. The van der Waals surface area contributed by atoms with Crippen LogP contribution in [0, 0.1) is 0 Å². The molecule has 1 rings (SSSR count). The van der Waals surface area contributed by atoms with Gasteiger partial charge in [-0.15, -0.1) is 0 Å². The number of hydrogen-bond donors (Lipinski definition) is 2. The van der Waals surface area contributed by atoms with Gasteiger partial charge in [0.25, 0.3) is 0 Å². The number of aromatic nitrogens is 3. The summed E-state index contributed by atoms with van der Waals surface area (Å²) in [4.78, 5) is 14.7. The van der Waals surface area contributed by atoms with Gasteiger partial charge in [-0.25, -0.2) is 9.67 Å². The number of rotatable bonds is 5. The van der Waals surface area contributed by atoms with E-state index in [1.54, 1.807) is 6.92 Å². The molecule has 0 radical (unpaired) electrons. The van der Waals surface area contributed by atoms with Gasteiger partial charge in [0.15, 0.2) is 0 Å². The SMILES string of the molecule is CCNC(C(=O)O)C(C)n1cncn1. The Bertz CT molecular complexity index is 286. The van der Waals surface area contributed by atoms with Crippen LogP contribution in [0.15, 0.2) is 12.7 Å². The van der Waals surface area contributed by atoms with Crippen molar-refractivity contribution in [2.45, 2.75) is 25.9 Å². The van der Waals surface area contributed by atoms with Crippen molar-refractivity contribution in [3.8, 4) is 0 Å². The lowest BCUT2D eigenvalue weighted by Gasteiger charge is -2.20. The molecule has 0 fully saturated rings. The summed E-state index contributed by atoms with van der Waals surface area (Å²) in [5.74, 6) is -0.880. The molecule has 0 amide bonds. The number of aliphatic carboxylic acids is 1. The summed E-state index contributed by atoms with van der Waals surface area (Å²) in [6.45, 7) is 4.26. The fourth-order valence-corrected chi connectivity index (χ4v) is 1.26. The summed E-state index contributed by atoms with van der Waals surface area (Å²) < 4.78 is 1.53. The van der Waals surface area contributed by atoms with E-state index < -0.39 is 12.0 Å². The number of hydrogen-bond acceptors (Lipinski definition) is 4. The van der Waals surface area contributed by atoms with Gasteiger partial charge in [0.05, 0.1) is 6.04 Å². The van der Waals surface area contributed by atoms with E-state index in [9.17, 15) is 4.79 Å². The quantitative estimate of drug-likeness (QED) is 0.690. The van der Waals surface area contributed by atoms with Gasteiger partial charge in [-0.05, 0) is 13.5 Å². The molecule has 14 heavy (non-hydrogen) atoms. The van der Waals surface area contributed by atoms with Gasteiger partial charge in [0, 0.05) is 0 Å². The fraction of sp³-hybridized carbons (Fsp3) is 0.625. The predicted octanol–water partition coefficient (Wildman–Crippen LogP) is -0.0982. The molecule has 0 bridgehead atoms. The molecular formula is C8H14N4O2. The van der Waals surface area contributed by atoms with Gasteiger partial charge in [-0.2, -0.15) is 5.10 Å². The highest BCUT2D eigenvalue weighted by atomic mass is 16.4. The lowest BCUT2D eigenvalue weighted by atomic mass is 10.1. The highest BCUT2D eigenvalue weighted by Crippen LogP contribution is 2.08. The summed E-state index contributed by atoms with van der Waals surface area (Å²) in [7, 11) is 0. The van der Waals surface area contributed by atoms with Gasteiger partial charge < -0.3 is 10.4 Å². The normalized spacial score (nSPS) is 15.0. The zero-order valence-electron chi connectivity index (χ0n) is 8.21. The first-order valence-corrected chi connectivity index (χ1v) is 4.47. The lowest BCUT2D eigenvalue weighted by molar-refractivity contribution is -0.140. The van der Waals surface area contributed by atoms with E-state index in [2.05, 4.69) is 15.4 Å². The highest BCUT2D eigenvalue weighted by Gasteiger charge is 2.25. The van der Waals surface area contributed by atoms with E-state index in [0.29, 0.717) is 6.54 Å². The van der Waals surface area contributed by atoms with Crippen LogP contribution in [0.4, 0.5) is 0 Å². The van der Waals surface area contributed by atoms with Gasteiger partial charge in [-0.3, -0.25) is 4.79 Å². The summed E-state index contributed by atoms with van der Waals surface area (Å²) in [5.41, 5.74) is 0. The van der Waals surface area contributed by atoms with E-state index in [0.717, 1.165) is 0 Å². The van der Waals surface area contributed by atoms with E-state index in [4.69, 9.17) is 5.11 Å². The summed E-state index contributed by atoms with van der Waals surface area (Å²) in [6, 6.07) is -0.892. The van der Waals surface area contributed by atoms with Crippen molar-refractivity contribution in [2.75, 3.05) is 6.54 Å². The average Bonchev–Trinajstić information content (AvgIpc) is 2.65. The Balaban J connectivity index is 2.73. The third kappa shape index (κ3) is 2.29. The smallest absolute Gasteiger partial charge is 0.322 e. The molecule has 0 aliphatic rings. The maximum absolute atomic E-state index is 10.9. The number of nitrogens with one attached hydrogen (secondary N) is 1. The minimum Gasteiger partial charge on any atom is -0.480 e. The number of carboxylic acids is 1. The van der Waals surface area contributed by atoms with Crippen LogP contribution in [0.2, 0.25) is 0 Å². The van der Waals surface area contributed by atoms with Gasteiger partial charge in [0.1, 0.15) is 18.7 Å². The number of likely N-dealkylation sites (N-methyl/N-ethyl adjacent to an activating group) is 1. The molecule has 0 spiro atoms. The summed E-state index contributed by atoms with van der Waals surface area (Å²) >= 11 is 0. The molecule has 6 nitrogen and oxygen atoms in total. The largest absolute Gasteiger partial charge is 0.480 e. The second-order valence-corrected chi connectivity index (χ2v) is 2.99. The van der Waals surface area contributed by atoms with Gasteiger partial charge >= 0.3 is 5.97 Å². The Kier molecular flexibility index (Phi) is 3.58. The van der Waals surface area contributed by atoms with Crippen molar-refractivity contribution in [1.82, 2.24) is 20.1 Å². The van der Waals surface area contributed by atoms with Crippen LogP contribution in [0.3, 0.4) is 0 Å². The van der Waals surface area contributed by atoms with Crippen LogP contribution in [-0.2, 0) is 4.79 Å². The molecule has 0 aromatic carbocycles. The second-order valence-electron chi connectivity index (χ2n) is 2.99. The first-order chi connectivity index (χ1) is 6.66. The molecule has 0 saturated heterocycles. The number of carboxylic acid groups (broad SMARTS) is 1. The lowest BCUT2D eigenvalue weighted by Crippen LogP contribution is -2.42. The highest BCUT2D eigenvalue weighted by molar-refractivity contribution is 5.74. The molecule has 6 heteroatoms. The molecule has 1 heterocycles. The Morgan fingerprint density at radius 1 is 1.71 bits per heavy atom. The maximum Gasteiger partial charge on any atom is 0.322 e. The molecule has 0 saturated carbocycles. The van der Waals surface area contributed by atoms with Crippen molar-refractivity contribution < 1.29 is 9.90 Å². The van der Waals surface area contributed by atoms with Crippen LogP contribution < -0.4 is 5.32 Å². The molecule has 2 unspecified atom stereocenters. The summed E-state index contributed by atoms with van der Waals surface area (Å²) in [6.07, 6.45) is 2.90. The molecule has 1 aromatic rings. The molecule has 2 N–H and O–H groups in total. The zero-order valence-corrected chi connectivity index (χ0v) is 8.21. The fourth-order valence-electron chi connectivity index (χ4n) is 1.26. The number of nitrogens with zero attached hydrogens (tertiary/aromatic N) is 3. The van der Waals surface area contributed by atoms with Crippen molar-refractivity contribution in [3.63, 3.8) is 0 Å². The van der Waals surface area contributed by atoms with E-state index in [1.807, 2.05) is 6.92 Å². The Morgan fingerprint density at radius 2 is 2.43 bits per heavy atom. The maximum atomic E-state index is 10.9. The van der Waals surface area contributed by atoms with Crippen molar-refractivity contribution in [3.05, 3.63) is 12.7 Å². The van der Waals surface area contributed by atoms with Crippen LogP contribution in [0.5, 0.6) is 0 Å². The third-order valence-corrected chi connectivity index (χ3v) is 2.03. The molecular weight excluding hydrogens is 184 g/mol. The van der Waals surface area contributed by atoms with E-state index >= 15 is 0 Å². The standard InChI is InChI=1S/C8H14N4O2/c1-3-10-7(8(13)14)6(2)12-5-9-4-11-12/h4-7,10H,3H2,1-2H3,(H,13,14). The molecule has 2 atom stereocenters. The van der Waals surface area contributed by atoms with Crippen molar-refractivity contribution >= 4 is 5.97 Å². The van der Waals surface area contributed by atoms with Crippen molar-refractivity contribution in [1.29, 1.82) is 0 Å². The third-order valence-electron chi connectivity index (χ3n) is 2.03. The number of carbonyl (C=O) groups is 1. The van der Waals surface area contributed by atoms with Gasteiger partial charge in [-0.1, -0.05) is 6.92 Å². The predicted molar refractivity (Wildman–Crippen MR) is 49.8 cm³/mol. The minimum absolute atomic E-state index is 0.255. The summed E-state index contributed by atoms with van der Waals surface area (Å²) in [5, 5.41) is 15.7. The van der Waals surface area contributed by atoms with Crippen LogP contribution in [-0.4, -0.2) is 38.4 Å². The van der Waals surface area contributed by atoms with E-state index in [1.165, 1.54) is 17.3 Å². The molecule has 1 aromatic heterocycles. The van der Waals surface area contributed by atoms with Crippen molar-refractivity contribution in [2.24, 2.45) is 0 Å². The average molecular weight is 198 g/mol. The Labute approximate surface area is 82.0 Å². The first kappa shape index (κ1) is 10.6. The molecule has 0 aliphatic heterocycles. The topological polar surface area (TPSA) is 80.0 Å². The molecule has 78 valence electrons. The van der Waals surface area contributed by atoms with Crippen LogP contribution in [0.25, 0.3) is 0 Å². The van der Waals surface area contributed by atoms with Crippen LogP contribution in [0.1, 0.15) is 19.9 Å². The zero-order chi connectivity index (χ0) is 10.6. The van der Waals surface area contributed by atoms with Gasteiger partial charge in [0.2, 0.25) is 0 Å². The minimum atomic E-state index is -0.880. The van der Waals surface area contributed by atoms with E-state index in [-0.39, 0.29) is 6.04 Å². The van der Waals surface area contributed by atoms with Crippen LogP contribution >= 0.6 is 0 Å². The Hall–Kier alpha value is -1.43. The molecule has 0 aliphatic carbocycles. The second kappa shape index (κ2) is 4.71. The Morgan fingerprint density at radius 3 is 2.86 bits per heavy atom. The first-order valence-electron chi connectivity index (χ1n) is 4.47.